The minimum atomic E-state index is -1.08. The Morgan fingerprint density at radius 3 is 2.84 bits per heavy atom. The van der Waals surface area contributed by atoms with E-state index in [4.69, 9.17) is 4.74 Å². The summed E-state index contributed by atoms with van der Waals surface area (Å²) in [6.45, 7) is 7.84. The number of fused-ring (bicyclic) bond motifs is 1. The Kier molecular flexibility index (Phi) is 7.29. The van der Waals surface area contributed by atoms with Crippen LogP contribution in [-0.2, 0) is 11.2 Å². The maximum atomic E-state index is 14.3. The molecule has 1 unspecified atom stereocenters. The van der Waals surface area contributed by atoms with Gasteiger partial charge in [0.15, 0.2) is 5.65 Å². The first-order chi connectivity index (χ1) is 17.6. The fourth-order valence-electron chi connectivity index (χ4n) is 4.33. The molecule has 0 aromatic carbocycles. The van der Waals surface area contributed by atoms with E-state index in [0.29, 0.717) is 42.2 Å². The molecule has 0 radical (unpaired) electrons. The predicted octanol–water partition coefficient (Wildman–Crippen LogP) is 3.74. The van der Waals surface area contributed by atoms with Crippen molar-refractivity contribution in [3.05, 3.63) is 52.9 Å². The maximum Gasteiger partial charge on any atom is 0.408 e. The van der Waals surface area contributed by atoms with E-state index < -0.39 is 23.5 Å². The number of nitrogens with zero attached hydrogens (tertiary/aromatic N) is 5. The summed E-state index contributed by atoms with van der Waals surface area (Å²) in [5.74, 6) is 4.78. The molecule has 1 amide bonds. The van der Waals surface area contributed by atoms with Crippen LogP contribution < -0.4 is 10.2 Å². The van der Waals surface area contributed by atoms with E-state index in [9.17, 15) is 19.1 Å². The first kappa shape index (κ1) is 25.9. The molecule has 1 aliphatic heterocycles. The van der Waals surface area contributed by atoms with Crippen molar-refractivity contribution in [1.29, 1.82) is 0 Å². The number of alkyl carbamates (subject to hydrolysis) is 1. The molecule has 3 aromatic heterocycles. The van der Waals surface area contributed by atoms with Gasteiger partial charge in [-0.3, -0.25) is 0 Å². The maximum absolute atomic E-state index is 14.3. The van der Waals surface area contributed by atoms with Gasteiger partial charge in [-0.1, -0.05) is 12.8 Å². The normalized spacial score (nSPS) is 15.4. The van der Waals surface area contributed by atoms with E-state index in [2.05, 4.69) is 32.2 Å². The molecule has 1 fully saturated rings. The number of aromatic carboxylic acids is 1. The summed E-state index contributed by atoms with van der Waals surface area (Å²) in [6, 6.07) is 2.92. The summed E-state index contributed by atoms with van der Waals surface area (Å²) in [7, 11) is 0. The second kappa shape index (κ2) is 10.4. The van der Waals surface area contributed by atoms with Crippen LogP contribution >= 0.6 is 0 Å². The van der Waals surface area contributed by atoms with E-state index >= 15 is 0 Å². The summed E-state index contributed by atoms with van der Waals surface area (Å²) in [6.07, 6.45) is 4.22. The van der Waals surface area contributed by atoms with Crippen LogP contribution in [-0.4, -0.2) is 55.4 Å². The molecule has 4 rings (SSSR count). The van der Waals surface area contributed by atoms with Crippen molar-refractivity contribution < 1.29 is 23.8 Å². The molecule has 1 atom stereocenters. The second-order valence-corrected chi connectivity index (χ2v) is 9.63. The van der Waals surface area contributed by atoms with Gasteiger partial charge < -0.3 is 20.1 Å². The molecule has 1 aliphatic rings. The van der Waals surface area contributed by atoms with Gasteiger partial charge in [0.1, 0.15) is 28.5 Å². The minimum absolute atomic E-state index is 0.0406. The number of aryl methyl sites for hydroxylation is 1. The quantitative estimate of drug-likeness (QED) is 0.500. The topological polar surface area (TPSA) is 122 Å². The Morgan fingerprint density at radius 2 is 2.14 bits per heavy atom. The van der Waals surface area contributed by atoms with Gasteiger partial charge in [-0.15, -0.1) is 0 Å². The molecular weight excluding hydrogens is 479 g/mol. The van der Waals surface area contributed by atoms with Crippen LogP contribution in [0.25, 0.3) is 5.65 Å². The number of aromatic nitrogens is 4. The van der Waals surface area contributed by atoms with Crippen molar-refractivity contribution in [3.8, 4) is 11.8 Å². The molecule has 194 valence electrons. The third-order valence-corrected chi connectivity index (χ3v) is 5.81. The first-order valence-corrected chi connectivity index (χ1v) is 12.1. The third-order valence-electron chi connectivity index (χ3n) is 5.81. The van der Waals surface area contributed by atoms with Crippen molar-refractivity contribution in [1.82, 2.24) is 24.9 Å². The highest BCUT2D eigenvalue weighted by Crippen LogP contribution is 2.37. The molecular formula is C26H29FN6O4. The zero-order valence-electron chi connectivity index (χ0n) is 21.2. The van der Waals surface area contributed by atoms with Crippen LogP contribution in [0.3, 0.4) is 0 Å². The minimum Gasteiger partial charge on any atom is -0.477 e. The highest BCUT2D eigenvalue weighted by Gasteiger charge is 2.30. The number of carbonyl (C=O) groups is 2. The van der Waals surface area contributed by atoms with Crippen molar-refractivity contribution in [3.63, 3.8) is 0 Å². The molecule has 0 saturated carbocycles. The molecule has 4 heterocycles. The van der Waals surface area contributed by atoms with Gasteiger partial charge >= 0.3 is 12.1 Å². The van der Waals surface area contributed by atoms with Crippen molar-refractivity contribution in [2.24, 2.45) is 0 Å². The lowest BCUT2D eigenvalue weighted by molar-refractivity contribution is 0.0534. The van der Waals surface area contributed by atoms with Gasteiger partial charge in [-0.05, 0) is 58.1 Å². The lowest BCUT2D eigenvalue weighted by Crippen LogP contribution is -2.32. The predicted molar refractivity (Wildman–Crippen MR) is 134 cm³/mol. The first-order valence-electron chi connectivity index (χ1n) is 12.1. The van der Waals surface area contributed by atoms with Crippen LogP contribution in [0.2, 0.25) is 0 Å². The Labute approximate surface area is 213 Å². The number of carboxylic acid groups (broad SMARTS) is 1. The summed E-state index contributed by atoms with van der Waals surface area (Å²) in [5.41, 5.74) is 1.18. The Hall–Kier alpha value is -4.20. The largest absolute Gasteiger partial charge is 0.477 e. The number of nitrogens with one attached hydrogen (secondary N) is 1. The summed E-state index contributed by atoms with van der Waals surface area (Å²) < 4.78 is 20.9. The van der Waals surface area contributed by atoms with Crippen molar-refractivity contribution in [2.45, 2.75) is 58.6 Å². The van der Waals surface area contributed by atoms with Gasteiger partial charge in [-0.2, -0.15) is 5.10 Å². The van der Waals surface area contributed by atoms with E-state index in [-0.39, 0.29) is 23.8 Å². The van der Waals surface area contributed by atoms with Gasteiger partial charge in [0.05, 0.1) is 24.5 Å². The lowest BCUT2D eigenvalue weighted by Gasteiger charge is -2.26. The SMILES string of the molecule is CCc1nn2ccc(N3CCCC3c3cc(F)cnc3C#CCNC(=O)OC(C)(C)C)nc2c1C(=O)O. The number of rotatable bonds is 5. The van der Waals surface area contributed by atoms with Gasteiger partial charge in [-0.25, -0.2) is 28.5 Å². The van der Waals surface area contributed by atoms with E-state index in [1.165, 1.54) is 10.6 Å². The number of carbonyl (C=O) groups excluding carboxylic acids is 1. The number of halogens is 1. The van der Waals surface area contributed by atoms with Crippen LogP contribution in [0.5, 0.6) is 0 Å². The van der Waals surface area contributed by atoms with Crippen LogP contribution in [0.15, 0.2) is 24.5 Å². The summed E-state index contributed by atoms with van der Waals surface area (Å²) in [5, 5.41) is 16.6. The highest BCUT2D eigenvalue weighted by atomic mass is 19.1. The fraction of sp³-hybridized carbons (Fsp3) is 0.423. The molecule has 3 aromatic rings. The Morgan fingerprint density at radius 1 is 1.35 bits per heavy atom. The zero-order valence-corrected chi connectivity index (χ0v) is 21.2. The lowest BCUT2D eigenvalue weighted by atomic mass is 10.0. The smallest absolute Gasteiger partial charge is 0.408 e. The molecule has 1 saturated heterocycles. The fourth-order valence-corrected chi connectivity index (χ4v) is 4.33. The number of hydrogen-bond acceptors (Lipinski definition) is 7. The average molecular weight is 509 g/mol. The number of amides is 1. The molecule has 2 N–H and O–H groups in total. The monoisotopic (exact) mass is 508 g/mol. The van der Waals surface area contributed by atoms with E-state index in [1.54, 1.807) is 33.0 Å². The second-order valence-electron chi connectivity index (χ2n) is 9.63. The number of ether oxygens (including phenoxy) is 1. The van der Waals surface area contributed by atoms with Crippen LogP contribution in [0, 0.1) is 17.7 Å². The average Bonchev–Trinajstić information content (AvgIpc) is 3.45. The molecule has 37 heavy (non-hydrogen) atoms. The van der Waals surface area contributed by atoms with Gasteiger partial charge in [0.2, 0.25) is 0 Å². The molecule has 0 aliphatic carbocycles. The summed E-state index contributed by atoms with van der Waals surface area (Å²) in [4.78, 5) is 34.6. The Balaban J connectivity index is 1.62. The van der Waals surface area contributed by atoms with Crippen LogP contribution in [0.1, 0.15) is 73.9 Å². The summed E-state index contributed by atoms with van der Waals surface area (Å²) >= 11 is 0. The van der Waals surface area contributed by atoms with Gasteiger partial charge in [0, 0.05) is 18.3 Å². The van der Waals surface area contributed by atoms with Gasteiger partial charge in [0.25, 0.3) is 0 Å². The molecule has 0 spiro atoms. The van der Waals surface area contributed by atoms with Crippen LogP contribution in [0.4, 0.5) is 15.0 Å². The third kappa shape index (κ3) is 5.80. The molecule has 0 bridgehead atoms. The number of pyridine rings is 1. The van der Waals surface area contributed by atoms with E-state index in [0.717, 1.165) is 12.6 Å². The Bertz CT molecular complexity index is 1400. The zero-order chi connectivity index (χ0) is 26.7. The molecule has 10 nitrogen and oxygen atoms in total. The standard InChI is InChI=1S/C26H29FN6O4/c1-5-18-22(24(34)35)23-30-21(10-13-33(23)31-18)32-12-7-9-20(32)17-14-16(27)15-29-19(17)8-6-11-28-25(36)37-26(2,3)4/h10,13-15,20H,5,7,9,11-12H2,1-4H3,(H,28,36)(H,34,35). The van der Waals surface area contributed by atoms with E-state index in [1.807, 2.05) is 11.8 Å². The number of carboxylic acids is 1. The van der Waals surface area contributed by atoms with Crippen molar-refractivity contribution >= 4 is 23.5 Å². The van der Waals surface area contributed by atoms with Crippen molar-refractivity contribution in [2.75, 3.05) is 18.0 Å². The number of anilines is 1. The number of hydrogen-bond donors (Lipinski definition) is 2. The molecule has 11 heteroatoms. The highest BCUT2D eigenvalue weighted by molar-refractivity contribution is 5.96.